The van der Waals surface area contributed by atoms with Gasteiger partial charge in [0.25, 0.3) is 0 Å². The number of rotatable bonds is 12. The third-order valence-corrected chi connectivity index (χ3v) is 7.75. The van der Waals surface area contributed by atoms with Gasteiger partial charge in [-0.3, -0.25) is 4.79 Å². The number of hydrogen-bond acceptors (Lipinski definition) is 4. The molecule has 0 aliphatic heterocycles. The van der Waals surface area contributed by atoms with E-state index < -0.39 is 0 Å². The lowest BCUT2D eigenvalue weighted by atomic mass is 10.0. The minimum Gasteiger partial charge on any atom is -0.362 e. The molecule has 212 valence electrons. The topological polar surface area (TPSA) is 86.0 Å². The van der Waals surface area contributed by atoms with E-state index in [0.717, 1.165) is 23.4 Å². The number of imidazole rings is 1. The average molecular weight is 600 g/mol. The van der Waals surface area contributed by atoms with Crippen LogP contribution in [0.25, 0.3) is 0 Å². The maximum atomic E-state index is 13.2. The number of amides is 1. The van der Waals surface area contributed by atoms with Gasteiger partial charge in [0.1, 0.15) is 0 Å². The Bertz CT molecular complexity index is 1330. The number of nitriles is 1. The number of hydrogen-bond donors (Lipinski definition) is 2. The summed E-state index contributed by atoms with van der Waals surface area (Å²) < 4.78 is 1.95. The number of nitrogens with zero attached hydrogens (tertiary/aromatic N) is 4. The van der Waals surface area contributed by atoms with Crippen LogP contribution in [0.3, 0.4) is 0 Å². The van der Waals surface area contributed by atoms with Crippen LogP contribution in [0.4, 0.5) is 0 Å². The zero-order valence-corrected chi connectivity index (χ0v) is 25.7. The molecule has 1 heterocycles. The molecule has 1 amide bonds. The first kappa shape index (κ1) is 31.4. The lowest BCUT2D eigenvalue weighted by molar-refractivity contribution is -0.121. The molecule has 40 heavy (non-hydrogen) atoms. The molecule has 0 bridgehead atoms. The summed E-state index contributed by atoms with van der Waals surface area (Å²) in [5.41, 5.74) is 3.31. The third kappa shape index (κ3) is 9.22. The molecule has 0 aliphatic rings. The Balaban J connectivity index is 1.71. The third-order valence-electron chi connectivity index (χ3n) is 6.49. The zero-order chi connectivity index (χ0) is 29.2. The van der Waals surface area contributed by atoms with Crippen LogP contribution in [-0.2, 0) is 24.3 Å². The number of benzene rings is 2. The van der Waals surface area contributed by atoms with Crippen molar-refractivity contribution in [3.05, 3.63) is 87.4 Å². The molecule has 3 aromatic rings. The molecule has 2 aromatic carbocycles. The van der Waals surface area contributed by atoms with Crippen molar-refractivity contribution >= 4 is 46.4 Å². The molecular weight excluding hydrogens is 563 g/mol. The zero-order valence-electron chi connectivity index (χ0n) is 23.3. The van der Waals surface area contributed by atoms with Crippen molar-refractivity contribution in [3.8, 4) is 6.07 Å². The molecule has 0 spiro atoms. The van der Waals surface area contributed by atoms with Crippen molar-refractivity contribution in [2.45, 2.75) is 53.2 Å². The molecule has 0 fully saturated rings. The summed E-state index contributed by atoms with van der Waals surface area (Å²) in [6.45, 7) is 10.7. The van der Waals surface area contributed by atoms with Gasteiger partial charge in [-0.1, -0.05) is 75.2 Å². The summed E-state index contributed by atoms with van der Waals surface area (Å²) in [6.07, 6.45) is 3.62. The second-order valence-electron chi connectivity index (χ2n) is 10.6. The van der Waals surface area contributed by atoms with E-state index in [-0.39, 0.29) is 24.3 Å². The fourth-order valence-electron chi connectivity index (χ4n) is 4.10. The normalized spacial score (nSPS) is 11.8. The standard InChI is InChI=1S/C30H36Cl2N6OS/c1-20(2)14-35-30(40)37(17-24-6-5-7-26(31)29(24)32)18-27(21(3)4)36-28(39)12-25-15-34-19-38(25)16-23-10-8-22(13-33)9-11-23/h5-11,15,19-21,27H,12,14,16-18H2,1-4H3,(H,35,40)(H,36,39)/t27-/m1/s1. The molecule has 1 atom stereocenters. The highest BCUT2D eigenvalue weighted by molar-refractivity contribution is 7.80. The van der Waals surface area contributed by atoms with E-state index in [0.29, 0.717) is 46.3 Å². The van der Waals surface area contributed by atoms with Crippen molar-refractivity contribution in [3.63, 3.8) is 0 Å². The van der Waals surface area contributed by atoms with Crippen molar-refractivity contribution in [2.24, 2.45) is 11.8 Å². The fraction of sp³-hybridized carbons (Fsp3) is 0.400. The van der Waals surface area contributed by atoms with Crippen molar-refractivity contribution < 1.29 is 4.79 Å². The number of aromatic nitrogens is 2. The number of halogens is 2. The maximum absolute atomic E-state index is 13.2. The van der Waals surface area contributed by atoms with Gasteiger partial charge in [-0.05, 0) is 53.4 Å². The summed E-state index contributed by atoms with van der Waals surface area (Å²) in [5.74, 6) is 0.476. The predicted molar refractivity (Wildman–Crippen MR) is 165 cm³/mol. The largest absolute Gasteiger partial charge is 0.362 e. The first-order chi connectivity index (χ1) is 19.1. The summed E-state index contributed by atoms with van der Waals surface area (Å²) in [6, 6.07) is 14.9. The van der Waals surface area contributed by atoms with Crippen LogP contribution in [0.1, 0.15) is 50.1 Å². The molecule has 0 saturated carbocycles. The van der Waals surface area contributed by atoms with Crippen LogP contribution >= 0.6 is 35.4 Å². The quantitative estimate of drug-likeness (QED) is 0.255. The van der Waals surface area contributed by atoms with E-state index in [1.165, 1.54) is 0 Å². The molecule has 0 saturated heterocycles. The Morgan fingerprint density at radius 2 is 1.88 bits per heavy atom. The first-order valence-electron chi connectivity index (χ1n) is 13.3. The van der Waals surface area contributed by atoms with Gasteiger partial charge in [0.2, 0.25) is 5.91 Å². The summed E-state index contributed by atoms with van der Waals surface area (Å²) >= 11 is 18.6. The smallest absolute Gasteiger partial charge is 0.226 e. The molecule has 2 N–H and O–H groups in total. The van der Waals surface area contributed by atoms with E-state index in [1.54, 1.807) is 30.7 Å². The number of thiocarbonyl (C=S) groups is 1. The van der Waals surface area contributed by atoms with Crippen LogP contribution in [0.2, 0.25) is 10.0 Å². The molecule has 3 rings (SSSR count). The SMILES string of the molecule is CC(C)CNC(=S)N(Cc1cccc(Cl)c1Cl)C[C@@H](NC(=O)Cc1cncn1Cc1ccc(C#N)cc1)C(C)C. The molecular formula is C30H36Cl2N6OS. The molecule has 1 aromatic heterocycles. The van der Waals surface area contributed by atoms with Crippen molar-refractivity contribution in [1.29, 1.82) is 5.26 Å². The van der Waals surface area contributed by atoms with Crippen LogP contribution in [0.5, 0.6) is 0 Å². The minimum atomic E-state index is -0.167. The Kier molecular flexibility index (Phi) is 11.8. The summed E-state index contributed by atoms with van der Waals surface area (Å²) in [5, 5.41) is 17.2. The molecule has 0 radical (unpaired) electrons. The molecule has 10 heteroatoms. The number of nitrogens with one attached hydrogen (secondary N) is 2. The lowest BCUT2D eigenvalue weighted by Crippen LogP contribution is -2.51. The number of carbonyl (C=O) groups is 1. The van der Waals surface area contributed by atoms with E-state index in [2.05, 4.69) is 49.4 Å². The van der Waals surface area contributed by atoms with Gasteiger partial charge in [0.15, 0.2) is 5.11 Å². The van der Waals surface area contributed by atoms with Crippen molar-refractivity contribution in [1.82, 2.24) is 25.1 Å². The first-order valence-corrected chi connectivity index (χ1v) is 14.5. The predicted octanol–water partition coefficient (Wildman–Crippen LogP) is 5.83. The monoisotopic (exact) mass is 598 g/mol. The van der Waals surface area contributed by atoms with Gasteiger partial charge in [-0.15, -0.1) is 0 Å². The van der Waals surface area contributed by atoms with Gasteiger partial charge in [0, 0.05) is 44.1 Å². The Labute approximate surface area is 252 Å². The highest BCUT2D eigenvalue weighted by Gasteiger charge is 2.23. The van der Waals surface area contributed by atoms with Gasteiger partial charge in [0.05, 0.1) is 34.4 Å². The van der Waals surface area contributed by atoms with Crippen LogP contribution in [-0.4, -0.2) is 44.6 Å². The average Bonchev–Trinajstić information content (AvgIpc) is 3.35. The van der Waals surface area contributed by atoms with Gasteiger partial charge in [-0.2, -0.15) is 5.26 Å². The molecule has 0 aliphatic carbocycles. The maximum Gasteiger partial charge on any atom is 0.226 e. The minimum absolute atomic E-state index is 0.0953. The lowest BCUT2D eigenvalue weighted by Gasteiger charge is -2.33. The Morgan fingerprint density at radius 1 is 1.15 bits per heavy atom. The Morgan fingerprint density at radius 3 is 2.52 bits per heavy atom. The fourth-order valence-corrected chi connectivity index (χ4v) is 4.70. The second kappa shape index (κ2) is 15.0. The summed E-state index contributed by atoms with van der Waals surface area (Å²) in [7, 11) is 0. The highest BCUT2D eigenvalue weighted by Crippen LogP contribution is 2.27. The molecule has 7 nitrogen and oxygen atoms in total. The second-order valence-corrected chi connectivity index (χ2v) is 11.8. The highest BCUT2D eigenvalue weighted by atomic mass is 35.5. The van der Waals surface area contributed by atoms with Gasteiger partial charge in [-0.25, -0.2) is 4.98 Å². The van der Waals surface area contributed by atoms with Crippen molar-refractivity contribution in [2.75, 3.05) is 13.1 Å². The van der Waals surface area contributed by atoms with E-state index >= 15 is 0 Å². The van der Waals surface area contributed by atoms with E-state index in [1.807, 2.05) is 33.7 Å². The summed E-state index contributed by atoms with van der Waals surface area (Å²) in [4.78, 5) is 19.5. The van der Waals surface area contributed by atoms with Crippen LogP contribution in [0, 0.1) is 23.2 Å². The number of carbonyl (C=O) groups excluding carboxylic acids is 1. The van der Waals surface area contributed by atoms with Gasteiger partial charge < -0.3 is 20.1 Å². The van der Waals surface area contributed by atoms with Gasteiger partial charge >= 0.3 is 0 Å². The van der Waals surface area contributed by atoms with E-state index in [4.69, 9.17) is 40.7 Å². The molecule has 0 unspecified atom stereocenters. The van der Waals surface area contributed by atoms with Crippen LogP contribution in [0.15, 0.2) is 55.0 Å². The van der Waals surface area contributed by atoms with E-state index in [9.17, 15) is 4.79 Å². The van der Waals surface area contributed by atoms with Crippen LogP contribution < -0.4 is 10.6 Å². The Hall–Kier alpha value is -3.12.